The Morgan fingerprint density at radius 2 is 2.09 bits per heavy atom. The maximum atomic E-state index is 12.7. The van der Waals surface area contributed by atoms with Gasteiger partial charge in [0.25, 0.3) is 5.89 Å². The van der Waals surface area contributed by atoms with Crippen molar-refractivity contribution < 1.29 is 27.1 Å². The Morgan fingerprint density at radius 3 is 2.65 bits per heavy atom. The van der Waals surface area contributed by atoms with Gasteiger partial charge in [-0.2, -0.15) is 13.2 Å². The zero-order valence-electron chi connectivity index (χ0n) is 12.0. The predicted octanol–water partition coefficient (Wildman–Crippen LogP) is 3.67. The molecule has 9 heteroatoms. The van der Waals surface area contributed by atoms with Crippen LogP contribution in [0, 0.1) is 0 Å². The molecule has 0 N–H and O–H groups in total. The summed E-state index contributed by atoms with van der Waals surface area (Å²) in [6.45, 7) is 0.762. The second kappa shape index (κ2) is 5.77. The molecule has 1 fully saturated rings. The Hall–Kier alpha value is -1.64. The van der Waals surface area contributed by atoms with Gasteiger partial charge >= 0.3 is 6.18 Å². The van der Waals surface area contributed by atoms with E-state index < -0.39 is 17.3 Å². The third kappa shape index (κ3) is 2.93. The fraction of sp³-hybridized carbons (Fsp3) is 0.429. The average molecular weight is 349 g/mol. The van der Waals surface area contributed by atoms with E-state index in [0.717, 1.165) is 12.1 Å². The second-order valence-corrected chi connectivity index (χ2v) is 5.51. The number of aromatic nitrogens is 2. The molecule has 5 nitrogen and oxygen atoms in total. The van der Waals surface area contributed by atoms with Crippen molar-refractivity contribution in [1.82, 2.24) is 10.2 Å². The van der Waals surface area contributed by atoms with Gasteiger partial charge in [0.1, 0.15) is 0 Å². The Morgan fingerprint density at radius 1 is 1.30 bits per heavy atom. The number of benzene rings is 1. The van der Waals surface area contributed by atoms with Crippen LogP contribution in [0.25, 0.3) is 11.5 Å². The summed E-state index contributed by atoms with van der Waals surface area (Å²) in [7, 11) is 1.50. The van der Waals surface area contributed by atoms with E-state index in [-0.39, 0.29) is 29.0 Å². The van der Waals surface area contributed by atoms with Crippen LogP contribution in [0.5, 0.6) is 0 Å². The van der Waals surface area contributed by atoms with Crippen molar-refractivity contribution in [1.29, 1.82) is 0 Å². The molecule has 0 amide bonds. The standard InChI is InChI=1S/C14H12ClF3N2O3/c1-21-13(4-5-22-7-13)12-20-19-11(23-12)9-3-2-8(6-10(9)15)14(16,17)18/h2-3,6H,4-5,7H2,1H3. The molecular weight excluding hydrogens is 337 g/mol. The molecule has 0 spiro atoms. The number of alkyl halides is 3. The van der Waals surface area contributed by atoms with Crippen molar-refractivity contribution in [3.63, 3.8) is 0 Å². The number of hydrogen-bond donors (Lipinski definition) is 0. The third-order valence-electron chi connectivity index (χ3n) is 3.72. The van der Waals surface area contributed by atoms with E-state index in [9.17, 15) is 13.2 Å². The molecule has 124 valence electrons. The van der Waals surface area contributed by atoms with Gasteiger partial charge in [-0.15, -0.1) is 10.2 Å². The van der Waals surface area contributed by atoms with Gasteiger partial charge in [0.15, 0.2) is 5.60 Å². The summed E-state index contributed by atoms with van der Waals surface area (Å²) in [5.74, 6) is 0.241. The van der Waals surface area contributed by atoms with E-state index in [1.165, 1.54) is 13.2 Å². The number of halogens is 4. The third-order valence-corrected chi connectivity index (χ3v) is 4.03. The summed E-state index contributed by atoms with van der Waals surface area (Å²) in [5.41, 5.74) is -1.45. The first-order chi connectivity index (χ1) is 10.9. The fourth-order valence-electron chi connectivity index (χ4n) is 2.34. The van der Waals surface area contributed by atoms with Gasteiger partial charge in [-0.25, -0.2) is 0 Å². The molecule has 1 aliphatic rings. The van der Waals surface area contributed by atoms with Crippen LogP contribution < -0.4 is 0 Å². The lowest BCUT2D eigenvalue weighted by atomic mass is 10.0. The Kier molecular flexibility index (Phi) is 4.07. The minimum absolute atomic E-state index is 0.0297. The van der Waals surface area contributed by atoms with E-state index in [4.69, 9.17) is 25.5 Å². The molecule has 1 unspecified atom stereocenters. The largest absolute Gasteiger partial charge is 0.417 e. The molecule has 0 aliphatic carbocycles. The molecular formula is C14H12ClF3N2O3. The van der Waals surface area contributed by atoms with Gasteiger partial charge in [0.2, 0.25) is 5.89 Å². The van der Waals surface area contributed by atoms with Crippen molar-refractivity contribution in [2.45, 2.75) is 18.2 Å². The molecule has 1 aliphatic heterocycles. The summed E-state index contributed by atoms with van der Waals surface area (Å²) in [6.07, 6.45) is -3.92. The van der Waals surface area contributed by atoms with E-state index >= 15 is 0 Å². The van der Waals surface area contributed by atoms with Gasteiger partial charge in [0, 0.05) is 13.5 Å². The number of nitrogens with zero attached hydrogens (tertiary/aromatic N) is 2. The van der Waals surface area contributed by atoms with E-state index in [0.29, 0.717) is 13.0 Å². The van der Waals surface area contributed by atoms with E-state index in [2.05, 4.69) is 10.2 Å². The Labute approximate surface area is 134 Å². The normalized spacial score (nSPS) is 21.8. The summed E-state index contributed by atoms with van der Waals surface area (Å²) >= 11 is 5.92. The van der Waals surface area contributed by atoms with E-state index in [1.807, 2.05) is 0 Å². The Bertz CT molecular complexity index is 712. The maximum absolute atomic E-state index is 12.7. The monoisotopic (exact) mass is 348 g/mol. The number of hydrogen-bond acceptors (Lipinski definition) is 5. The average Bonchev–Trinajstić information content (AvgIpc) is 3.16. The van der Waals surface area contributed by atoms with Crippen LogP contribution in [0.3, 0.4) is 0 Å². The fourth-order valence-corrected chi connectivity index (χ4v) is 2.61. The quantitative estimate of drug-likeness (QED) is 0.847. The van der Waals surface area contributed by atoms with Crippen LogP contribution in [0.2, 0.25) is 5.02 Å². The lowest BCUT2D eigenvalue weighted by molar-refractivity contribution is -0.137. The second-order valence-electron chi connectivity index (χ2n) is 5.11. The molecule has 1 atom stereocenters. The van der Waals surface area contributed by atoms with Crippen LogP contribution in [-0.2, 0) is 21.3 Å². The van der Waals surface area contributed by atoms with Gasteiger partial charge < -0.3 is 13.9 Å². The van der Waals surface area contributed by atoms with Gasteiger partial charge in [-0.1, -0.05) is 11.6 Å². The van der Waals surface area contributed by atoms with Crippen molar-refractivity contribution in [3.8, 4) is 11.5 Å². The van der Waals surface area contributed by atoms with Crippen LogP contribution in [0.4, 0.5) is 13.2 Å². The molecule has 0 bridgehead atoms. The summed E-state index contributed by atoms with van der Waals surface area (Å²) in [4.78, 5) is 0. The molecule has 1 aromatic carbocycles. The predicted molar refractivity (Wildman–Crippen MR) is 73.9 cm³/mol. The van der Waals surface area contributed by atoms with E-state index in [1.54, 1.807) is 0 Å². The maximum Gasteiger partial charge on any atom is 0.416 e. The highest BCUT2D eigenvalue weighted by molar-refractivity contribution is 6.33. The van der Waals surface area contributed by atoms with Crippen molar-refractivity contribution >= 4 is 11.6 Å². The number of rotatable bonds is 3. The van der Waals surface area contributed by atoms with Crippen molar-refractivity contribution in [2.75, 3.05) is 20.3 Å². The molecule has 0 saturated carbocycles. The highest BCUT2D eigenvalue weighted by atomic mass is 35.5. The molecule has 3 rings (SSSR count). The van der Waals surface area contributed by atoms with Gasteiger partial charge in [-0.3, -0.25) is 0 Å². The Balaban J connectivity index is 1.95. The van der Waals surface area contributed by atoms with Crippen LogP contribution in [0.1, 0.15) is 17.9 Å². The first-order valence-electron chi connectivity index (χ1n) is 6.70. The molecule has 23 heavy (non-hydrogen) atoms. The molecule has 2 aromatic rings. The van der Waals surface area contributed by atoms with Gasteiger partial charge in [0.05, 0.1) is 29.4 Å². The van der Waals surface area contributed by atoms with Crippen LogP contribution in [0.15, 0.2) is 22.6 Å². The molecule has 0 radical (unpaired) electrons. The number of methoxy groups -OCH3 is 1. The van der Waals surface area contributed by atoms with Crippen molar-refractivity contribution in [2.24, 2.45) is 0 Å². The highest BCUT2D eigenvalue weighted by Crippen LogP contribution is 2.37. The summed E-state index contributed by atoms with van der Waals surface area (Å²) < 4.78 is 54.3. The summed E-state index contributed by atoms with van der Waals surface area (Å²) in [5, 5.41) is 7.66. The van der Waals surface area contributed by atoms with Crippen molar-refractivity contribution in [3.05, 3.63) is 34.7 Å². The highest BCUT2D eigenvalue weighted by Gasteiger charge is 2.42. The molecule has 1 saturated heterocycles. The lowest BCUT2D eigenvalue weighted by Gasteiger charge is -2.20. The molecule has 2 heterocycles. The molecule has 1 aromatic heterocycles. The smallest absolute Gasteiger partial charge is 0.416 e. The number of ether oxygens (including phenoxy) is 2. The van der Waals surface area contributed by atoms with Crippen LogP contribution >= 0.6 is 11.6 Å². The summed E-state index contributed by atoms with van der Waals surface area (Å²) in [6, 6.07) is 2.94. The van der Waals surface area contributed by atoms with Crippen LogP contribution in [-0.4, -0.2) is 30.5 Å². The topological polar surface area (TPSA) is 57.4 Å². The minimum Gasteiger partial charge on any atom is -0.417 e. The zero-order valence-corrected chi connectivity index (χ0v) is 12.7. The lowest BCUT2D eigenvalue weighted by Crippen LogP contribution is -2.29. The first kappa shape index (κ1) is 16.2. The van der Waals surface area contributed by atoms with Gasteiger partial charge in [-0.05, 0) is 18.2 Å². The minimum atomic E-state index is -4.47. The first-order valence-corrected chi connectivity index (χ1v) is 7.07. The zero-order chi connectivity index (χ0) is 16.7. The SMILES string of the molecule is COC1(c2nnc(-c3ccc(C(F)(F)F)cc3Cl)o2)CCOC1.